The Morgan fingerprint density at radius 1 is 1.24 bits per heavy atom. The topological polar surface area (TPSA) is 66.8 Å². The lowest BCUT2D eigenvalue weighted by Crippen LogP contribution is -2.33. The van der Waals surface area contributed by atoms with E-state index in [1.165, 1.54) is 7.11 Å². The monoisotopic (exact) mass is 242 g/mol. The second-order valence-electron chi connectivity index (χ2n) is 5.40. The number of fused-ring (bicyclic) bond motifs is 1. The molecular formula is C13H22O4. The second kappa shape index (κ2) is 5.36. The Kier molecular flexibility index (Phi) is 4.05. The predicted octanol–water partition coefficient (Wildman–Crippen LogP) is 0.955. The molecule has 5 atom stereocenters. The fraction of sp³-hybridized carbons (Fsp3) is 0.923. The second-order valence-corrected chi connectivity index (χ2v) is 5.40. The van der Waals surface area contributed by atoms with E-state index in [1.54, 1.807) is 0 Å². The van der Waals surface area contributed by atoms with Crippen molar-refractivity contribution in [1.82, 2.24) is 0 Å². The minimum absolute atomic E-state index is 0.0122. The Morgan fingerprint density at radius 2 is 1.94 bits per heavy atom. The van der Waals surface area contributed by atoms with Crippen LogP contribution in [0.1, 0.15) is 32.1 Å². The molecule has 0 spiro atoms. The third-order valence-electron chi connectivity index (χ3n) is 4.65. The van der Waals surface area contributed by atoms with Crippen LogP contribution in [0.4, 0.5) is 0 Å². The molecular weight excluding hydrogens is 220 g/mol. The van der Waals surface area contributed by atoms with E-state index in [0.717, 1.165) is 25.7 Å². The molecule has 2 aliphatic carbocycles. The zero-order valence-corrected chi connectivity index (χ0v) is 10.3. The molecule has 2 N–H and O–H groups in total. The molecule has 4 heteroatoms. The standard InChI is InChI=1S/C13H22O4/c1-17-13(16)11-6-5-8(7-14)12(15)10-4-2-3-9(10)11/h8-12,14-15H,2-7H2,1H3/t8-,9-,10-,11-,12-/m0/s1. The van der Waals surface area contributed by atoms with Crippen LogP contribution in [0.5, 0.6) is 0 Å². The molecule has 0 unspecified atom stereocenters. The molecule has 0 heterocycles. The summed E-state index contributed by atoms with van der Waals surface area (Å²) in [5.41, 5.74) is 0. The molecule has 2 rings (SSSR count). The van der Waals surface area contributed by atoms with Gasteiger partial charge in [-0.25, -0.2) is 0 Å². The number of rotatable bonds is 2. The van der Waals surface area contributed by atoms with E-state index >= 15 is 0 Å². The number of esters is 1. The van der Waals surface area contributed by atoms with Crippen LogP contribution in [0.25, 0.3) is 0 Å². The van der Waals surface area contributed by atoms with Crippen LogP contribution in [0.3, 0.4) is 0 Å². The average molecular weight is 242 g/mol. The van der Waals surface area contributed by atoms with E-state index in [1.807, 2.05) is 0 Å². The van der Waals surface area contributed by atoms with E-state index in [-0.39, 0.29) is 36.2 Å². The van der Waals surface area contributed by atoms with Crippen molar-refractivity contribution in [3.63, 3.8) is 0 Å². The van der Waals surface area contributed by atoms with Crippen molar-refractivity contribution in [3.8, 4) is 0 Å². The molecule has 0 aliphatic heterocycles. The average Bonchev–Trinajstić information content (AvgIpc) is 2.77. The zero-order chi connectivity index (χ0) is 12.4. The molecule has 0 aromatic heterocycles. The van der Waals surface area contributed by atoms with Gasteiger partial charge in [0.1, 0.15) is 0 Å². The van der Waals surface area contributed by atoms with Crippen LogP contribution in [0.2, 0.25) is 0 Å². The van der Waals surface area contributed by atoms with Crippen molar-refractivity contribution >= 4 is 5.97 Å². The predicted molar refractivity (Wildman–Crippen MR) is 62.2 cm³/mol. The third kappa shape index (κ3) is 2.33. The summed E-state index contributed by atoms with van der Waals surface area (Å²) in [6.45, 7) is 0.0122. The maximum Gasteiger partial charge on any atom is 0.308 e. The van der Waals surface area contributed by atoms with Gasteiger partial charge in [0.2, 0.25) is 0 Å². The van der Waals surface area contributed by atoms with Gasteiger partial charge in [-0.1, -0.05) is 6.42 Å². The molecule has 0 radical (unpaired) electrons. The third-order valence-corrected chi connectivity index (χ3v) is 4.65. The Labute approximate surface area is 102 Å². The fourth-order valence-electron chi connectivity index (χ4n) is 3.71. The van der Waals surface area contributed by atoms with Crippen molar-refractivity contribution in [2.45, 2.75) is 38.2 Å². The molecule has 0 aromatic carbocycles. The number of ether oxygens (including phenoxy) is 1. The lowest BCUT2D eigenvalue weighted by Gasteiger charge is -2.28. The van der Waals surface area contributed by atoms with Crippen molar-refractivity contribution in [2.24, 2.45) is 23.7 Å². The molecule has 17 heavy (non-hydrogen) atoms. The lowest BCUT2D eigenvalue weighted by molar-refractivity contribution is -0.148. The van der Waals surface area contributed by atoms with Gasteiger partial charge in [0, 0.05) is 12.5 Å². The number of methoxy groups -OCH3 is 1. The van der Waals surface area contributed by atoms with Crippen molar-refractivity contribution < 1.29 is 19.7 Å². The van der Waals surface area contributed by atoms with E-state index in [9.17, 15) is 15.0 Å². The minimum atomic E-state index is -0.456. The summed E-state index contributed by atoms with van der Waals surface area (Å²) in [6.07, 6.45) is 4.02. The number of hydrogen-bond acceptors (Lipinski definition) is 4. The van der Waals surface area contributed by atoms with E-state index < -0.39 is 6.10 Å². The summed E-state index contributed by atoms with van der Waals surface area (Å²) in [6, 6.07) is 0. The van der Waals surface area contributed by atoms with Crippen LogP contribution >= 0.6 is 0 Å². The highest BCUT2D eigenvalue weighted by Crippen LogP contribution is 2.46. The van der Waals surface area contributed by atoms with Crippen molar-refractivity contribution in [3.05, 3.63) is 0 Å². The molecule has 98 valence electrons. The quantitative estimate of drug-likeness (QED) is 0.708. The smallest absolute Gasteiger partial charge is 0.308 e. The Morgan fingerprint density at radius 3 is 2.59 bits per heavy atom. The minimum Gasteiger partial charge on any atom is -0.469 e. The highest BCUT2D eigenvalue weighted by Gasteiger charge is 2.45. The molecule has 0 bridgehead atoms. The first-order chi connectivity index (χ1) is 8.19. The molecule has 0 saturated heterocycles. The Bertz CT molecular complexity index is 279. The van der Waals surface area contributed by atoms with Gasteiger partial charge in [-0.05, 0) is 37.5 Å². The normalized spacial score (nSPS) is 41.7. The molecule has 2 fully saturated rings. The summed E-state index contributed by atoms with van der Waals surface area (Å²) in [7, 11) is 1.43. The first kappa shape index (κ1) is 12.8. The van der Waals surface area contributed by atoms with Crippen molar-refractivity contribution in [2.75, 3.05) is 13.7 Å². The highest BCUT2D eigenvalue weighted by molar-refractivity contribution is 5.72. The van der Waals surface area contributed by atoms with Gasteiger partial charge in [0.05, 0.1) is 19.1 Å². The summed E-state index contributed by atoms with van der Waals surface area (Å²) in [4.78, 5) is 11.8. The van der Waals surface area contributed by atoms with E-state index in [4.69, 9.17) is 4.74 Å². The summed E-state index contributed by atoms with van der Waals surface area (Å²) in [5.74, 6) is 0.106. The highest BCUT2D eigenvalue weighted by atomic mass is 16.5. The largest absolute Gasteiger partial charge is 0.469 e. The SMILES string of the molecule is COC(=O)[C@H]1CC[C@@H](CO)[C@H](O)[C@H]2CCC[C@@H]21. The van der Waals surface area contributed by atoms with Gasteiger partial charge < -0.3 is 14.9 Å². The maximum atomic E-state index is 11.8. The summed E-state index contributed by atoms with van der Waals surface area (Å²) in [5, 5.41) is 19.6. The van der Waals surface area contributed by atoms with Crippen LogP contribution < -0.4 is 0 Å². The summed E-state index contributed by atoms with van der Waals surface area (Å²) < 4.78 is 4.87. The zero-order valence-electron chi connectivity index (χ0n) is 10.3. The van der Waals surface area contributed by atoms with Gasteiger partial charge >= 0.3 is 5.97 Å². The van der Waals surface area contributed by atoms with Gasteiger partial charge in [-0.3, -0.25) is 4.79 Å². The molecule has 0 aromatic rings. The van der Waals surface area contributed by atoms with Crippen LogP contribution in [-0.4, -0.2) is 36.0 Å². The number of aliphatic hydroxyl groups excluding tert-OH is 2. The molecule has 4 nitrogen and oxygen atoms in total. The fourth-order valence-corrected chi connectivity index (χ4v) is 3.71. The molecule has 0 amide bonds. The van der Waals surface area contributed by atoms with Crippen LogP contribution in [0, 0.1) is 23.7 Å². The van der Waals surface area contributed by atoms with Crippen LogP contribution in [-0.2, 0) is 9.53 Å². The van der Waals surface area contributed by atoms with E-state index in [2.05, 4.69) is 0 Å². The lowest BCUT2D eigenvalue weighted by atomic mass is 9.81. The van der Waals surface area contributed by atoms with Gasteiger partial charge in [-0.2, -0.15) is 0 Å². The number of hydrogen-bond donors (Lipinski definition) is 2. The Balaban J connectivity index is 2.18. The molecule has 2 saturated carbocycles. The first-order valence-electron chi connectivity index (χ1n) is 6.55. The number of aliphatic hydroxyl groups is 2. The van der Waals surface area contributed by atoms with Gasteiger partial charge in [0.25, 0.3) is 0 Å². The Hall–Kier alpha value is -0.610. The molecule has 2 aliphatic rings. The number of carbonyl (C=O) groups is 1. The van der Waals surface area contributed by atoms with Crippen molar-refractivity contribution in [1.29, 1.82) is 0 Å². The number of carbonyl (C=O) groups excluding carboxylic acids is 1. The van der Waals surface area contributed by atoms with Crippen LogP contribution in [0.15, 0.2) is 0 Å². The van der Waals surface area contributed by atoms with E-state index in [0.29, 0.717) is 6.42 Å². The summed E-state index contributed by atoms with van der Waals surface area (Å²) >= 11 is 0. The van der Waals surface area contributed by atoms with Gasteiger partial charge in [0.15, 0.2) is 0 Å². The first-order valence-corrected chi connectivity index (χ1v) is 6.55. The maximum absolute atomic E-state index is 11.8. The van der Waals surface area contributed by atoms with Gasteiger partial charge in [-0.15, -0.1) is 0 Å².